The van der Waals surface area contributed by atoms with Gasteiger partial charge in [-0.1, -0.05) is 62.4 Å². The fourth-order valence-electron chi connectivity index (χ4n) is 2.09. The van der Waals surface area contributed by atoms with E-state index in [-0.39, 0.29) is 5.92 Å². The molecule has 0 radical (unpaired) electrons. The predicted molar refractivity (Wildman–Crippen MR) is 78.3 cm³/mol. The van der Waals surface area contributed by atoms with E-state index in [1.54, 1.807) is 24.3 Å². The number of para-hydroxylation sites is 1. The van der Waals surface area contributed by atoms with Gasteiger partial charge in [-0.25, -0.2) is 0 Å². The van der Waals surface area contributed by atoms with Crippen LogP contribution in [0.2, 0.25) is 0 Å². The van der Waals surface area contributed by atoms with Crippen molar-refractivity contribution in [1.29, 1.82) is 0 Å². The monoisotopic (exact) mass is 272 g/mol. The quantitative estimate of drug-likeness (QED) is 0.823. The molecule has 0 bridgehead atoms. The number of aliphatic hydroxyl groups excluding tert-OH is 1. The van der Waals surface area contributed by atoms with Crippen LogP contribution < -0.4 is 4.74 Å². The molecule has 2 aromatic rings. The molecular weight excluding hydrogens is 252 g/mol. The molecule has 0 heterocycles. The number of benzene rings is 2. The van der Waals surface area contributed by atoms with Crippen LogP contribution in [0.4, 0.5) is 0 Å². The zero-order valence-electron chi connectivity index (χ0n) is 11.7. The average Bonchev–Trinajstić information content (AvgIpc) is 2.48. The first-order valence-corrected chi connectivity index (χ1v) is 6.74. The van der Waals surface area contributed by atoms with E-state index in [4.69, 9.17) is 4.74 Å². The Hall–Kier alpha value is -1.84. The molecule has 106 valence electrons. The molecule has 3 nitrogen and oxygen atoms in total. The Bertz CT molecular complexity index is 524. The first-order valence-electron chi connectivity index (χ1n) is 6.74. The Balaban J connectivity index is 2.39. The molecule has 0 spiro atoms. The fourth-order valence-corrected chi connectivity index (χ4v) is 2.09. The van der Waals surface area contributed by atoms with E-state index in [2.05, 4.69) is 0 Å². The Morgan fingerprint density at radius 3 is 1.90 bits per heavy atom. The predicted octanol–water partition coefficient (Wildman–Crippen LogP) is 2.93. The zero-order valence-corrected chi connectivity index (χ0v) is 11.7. The van der Waals surface area contributed by atoms with E-state index >= 15 is 0 Å². The second-order valence-electron chi connectivity index (χ2n) is 5.17. The number of aliphatic hydroxyl groups is 2. The maximum atomic E-state index is 10.9. The van der Waals surface area contributed by atoms with E-state index < -0.39 is 11.9 Å². The van der Waals surface area contributed by atoms with Gasteiger partial charge in [0.05, 0.1) is 0 Å². The summed E-state index contributed by atoms with van der Waals surface area (Å²) >= 11 is 0. The van der Waals surface area contributed by atoms with Crippen LogP contribution in [0.15, 0.2) is 60.7 Å². The van der Waals surface area contributed by atoms with Gasteiger partial charge in [0.2, 0.25) is 0 Å². The second-order valence-corrected chi connectivity index (χ2v) is 5.17. The minimum absolute atomic E-state index is 0.149. The van der Waals surface area contributed by atoms with Crippen molar-refractivity contribution in [3.63, 3.8) is 0 Å². The van der Waals surface area contributed by atoms with Crippen molar-refractivity contribution in [3.8, 4) is 5.75 Å². The summed E-state index contributed by atoms with van der Waals surface area (Å²) in [7, 11) is 0. The van der Waals surface area contributed by atoms with E-state index in [0.29, 0.717) is 11.3 Å². The van der Waals surface area contributed by atoms with Gasteiger partial charge in [-0.15, -0.1) is 0 Å². The van der Waals surface area contributed by atoms with Crippen molar-refractivity contribution in [2.45, 2.75) is 25.7 Å². The molecule has 2 N–H and O–H groups in total. The summed E-state index contributed by atoms with van der Waals surface area (Å²) in [5.74, 6) is -1.40. The normalized spacial score (nSPS) is 15.7. The third-order valence-electron chi connectivity index (χ3n) is 3.24. The minimum atomic E-state index is -1.77. The maximum Gasteiger partial charge on any atom is 0.261 e. The van der Waals surface area contributed by atoms with Crippen molar-refractivity contribution in [3.05, 3.63) is 66.2 Å². The van der Waals surface area contributed by atoms with Crippen LogP contribution in [-0.2, 0) is 5.79 Å². The molecule has 0 aliphatic carbocycles. The highest BCUT2D eigenvalue weighted by Crippen LogP contribution is 2.32. The lowest BCUT2D eigenvalue weighted by atomic mass is 9.92. The van der Waals surface area contributed by atoms with Gasteiger partial charge in [0.15, 0.2) is 0 Å². The lowest BCUT2D eigenvalue weighted by Gasteiger charge is -2.35. The van der Waals surface area contributed by atoms with Crippen molar-refractivity contribution < 1.29 is 14.9 Å². The van der Waals surface area contributed by atoms with Crippen LogP contribution in [0, 0.1) is 5.92 Å². The summed E-state index contributed by atoms with van der Waals surface area (Å²) in [4.78, 5) is 0. The zero-order chi connectivity index (χ0) is 14.6. The summed E-state index contributed by atoms with van der Waals surface area (Å²) in [6, 6.07) is 18.0. The molecule has 20 heavy (non-hydrogen) atoms. The first kappa shape index (κ1) is 14.6. The van der Waals surface area contributed by atoms with Crippen molar-refractivity contribution >= 4 is 0 Å². The Kier molecular flexibility index (Phi) is 4.42. The van der Waals surface area contributed by atoms with Gasteiger partial charge < -0.3 is 14.9 Å². The molecule has 2 aromatic carbocycles. The number of rotatable bonds is 5. The van der Waals surface area contributed by atoms with Gasteiger partial charge in [-0.2, -0.15) is 0 Å². The van der Waals surface area contributed by atoms with Crippen LogP contribution in [0.1, 0.15) is 19.4 Å². The smallest absolute Gasteiger partial charge is 0.261 e. The lowest BCUT2D eigenvalue weighted by Crippen LogP contribution is -2.47. The van der Waals surface area contributed by atoms with E-state index in [1.165, 1.54) is 0 Å². The molecule has 0 aromatic heterocycles. The number of hydrogen-bond donors (Lipinski definition) is 2. The molecule has 3 heteroatoms. The molecule has 0 amide bonds. The summed E-state index contributed by atoms with van der Waals surface area (Å²) in [5.41, 5.74) is 0.532. The van der Waals surface area contributed by atoms with Gasteiger partial charge in [-0.3, -0.25) is 0 Å². The molecule has 0 aliphatic heterocycles. The van der Waals surface area contributed by atoms with E-state index in [0.717, 1.165) is 0 Å². The summed E-state index contributed by atoms with van der Waals surface area (Å²) in [6.07, 6.45) is -1.04. The average molecular weight is 272 g/mol. The Labute approximate surface area is 119 Å². The SMILES string of the molecule is CC(C)C(O)C(O)(Oc1ccccc1)c1ccccc1. The highest BCUT2D eigenvalue weighted by molar-refractivity contribution is 5.27. The molecule has 2 rings (SSSR count). The van der Waals surface area contributed by atoms with E-state index in [9.17, 15) is 10.2 Å². The van der Waals surface area contributed by atoms with Crippen molar-refractivity contribution in [1.82, 2.24) is 0 Å². The van der Waals surface area contributed by atoms with Gasteiger partial charge in [0.1, 0.15) is 11.9 Å². The van der Waals surface area contributed by atoms with Gasteiger partial charge in [-0.05, 0) is 18.1 Å². The Morgan fingerprint density at radius 1 is 0.900 bits per heavy atom. The third kappa shape index (κ3) is 3.00. The highest BCUT2D eigenvalue weighted by atomic mass is 16.6. The molecular formula is C17H20O3. The van der Waals surface area contributed by atoms with Crippen molar-refractivity contribution in [2.24, 2.45) is 5.92 Å². The summed E-state index contributed by atoms with van der Waals surface area (Å²) in [6.45, 7) is 3.68. The number of hydrogen-bond acceptors (Lipinski definition) is 3. The van der Waals surface area contributed by atoms with Crippen LogP contribution in [-0.4, -0.2) is 16.3 Å². The largest absolute Gasteiger partial charge is 0.455 e. The molecule has 0 fully saturated rings. The van der Waals surface area contributed by atoms with Gasteiger partial charge >= 0.3 is 0 Å². The first-order chi connectivity index (χ1) is 9.54. The summed E-state index contributed by atoms with van der Waals surface area (Å²) in [5, 5.41) is 21.3. The van der Waals surface area contributed by atoms with Gasteiger partial charge in [0, 0.05) is 5.56 Å². The summed E-state index contributed by atoms with van der Waals surface area (Å²) < 4.78 is 5.72. The molecule has 0 aliphatic rings. The van der Waals surface area contributed by atoms with E-state index in [1.807, 2.05) is 50.2 Å². The van der Waals surface area contributed by atoms with Crippen LogP contribution in [0.5, 0.6) is 5.75 Å². The standard InChI is InChI=1S/C17H20O3/c1-13(2)16(18)17(19,14-9-5-3-6-10-14)20-15-11-7-4-8-12-15/h3-13,16,18-19H,1-2H3. The molecule has 2 atom stereocenters. The molecule has 0 saturated carbocycles. The lowest BCUT2D eigenvalue weighted by molar-refractivity contribution is -0.226. The van der Waals surface area contributed by atoms with Crippen molar-refractivity contribution in [2.75, 3.05) is 0 Å². The van der Waals surface area contributed by atoms with Crippen LogP contribution in [0.25, 0.3) is 0 Å². The minimum Gasteiger partial charge on any atom is -0.455 e. The topological polar surface area (TPSA) is 49.7 Å². The van der Waals surface area contributed by atoms with Crippen LogP contribution in [0.3, 0.4) is 0 Å². The van der Waals surface area contributed by atoms with Gasteiger partial charge in [0.25, 0.3) is 5.79 Å². The number of ether oxygens (including phenoxy) is 1. The Morgan fingerprint density at radius 2 is 1.40 bits per heavy atom. The highest BCUT2D eigenvalue weighted by Gasteiger charge is 2.41. The third-order valence-corrected chi connectivity index (χ3v) is 3.24. The second kappa shape index (κ2) is 6.07. The molecule has 0 saturated heterocycles. The van der Waals surface area contributed by atoms with Crippen LogP contribution >= 0.6 is 0 Å². The maximum absolute atomic E-state index is 10.9. The fraction of sp³-hybridized carbons (Fsp3) is 0.294. The molecule has 2 unspecified atom stereocenters.